The summed E-state index contributed by atoms with van der Waals surface area (Å²) in [6.07, 6.45) is 6.38. The average molecular weight is 867 g/mol. The van der Waals surface area contributed by atoms with Crippen LogP contribution in [0, 0.1) is 0 Å². The SMILES string of the molecule is CCCc1ccc2c(c1)C1(c3ccc(N(c4ccccc4)c4ccccc4)cc3)c3ccc(CCC)cc3C2(c2ccc(N(c3ccccc3)c3ccccc3)cc2)c2cc(CCC)ccc21. The van der Waals surface area contributed by atoms with Gasteiger partial charge in [-0.05, 0) is 153 Å². The van der Waals surface area contributed by atoms with Crippen LogP contribution in [0.1, 0.15) is 101 Å². The summed E-state index contributed by atoms with van der Waals surface area (Å²) in [5.74, 6) is 0. The highest BCUT2D eigenvalue weighted by Crippen LogP contribution is 2.66. The summed E-state index contributed by atoms with van der Waals surface area (Å²) in [5, 5.41) is 0. The maximum atomic E-state index is 2.60. The summed E-state index contributed by atoms with van der Waals surface area (Å²) >= 11 is 0. The standard InChI is InChI=1S/C65H58N2/c1-4-19-47-32-43-60-61(44-47)64(50-33-37-56(38-34-50)66(52-22-11-7-12-23-52)53-24-13-8-14-25-53)58-41-30-48(20-5-2)45-62(58)65(60,63-46-49(21-6-3)31-42-59(63)64)51-35-39-57(40-36-51)67(54-26-15-9-16-27-54)55-28-17-10-18-29-55/h7-18,22-46H,4-6,19-21H2,1-3H3. The molecule has 0 saturated heterocycles. The maximum Gasteiger partial charge on any atom is 0.0711 e. The van der Waals surface area contributed by atoms with Crippen LogP contribution >= 0.6 is 0 Å². The molecule has 9 aromatic carbocycles. The number of para-hydroxylation sites is 4. The van der Waals surface area contributed by atoms with Gasteiger partial charge in [-0.3, -0.25) is 0 Å². The van der Waals surface area contributed by atoms with Crippen molar-refractivity contribution in [1.29, 1.82) is 0 Å². The summed E-state index contributed by atoms with van der Waals surface area (Å²) in [6, 6.07) is 84.9. The molecule has 2 heteroatoms. The number of nitrogens with zero attached hydrogens (tertiary/aromatic N) is 2. The topological polar surface area (TPSA) is 6.48 Å². The predicted molar refractivity (Wildman–Crippen MR) is 282 cm³/mol. The van der Waals surface area contributed by atoms with Crippen molar-refractivity contribution in [3.63, 3.8) is 0 Å². The molecule has 2 bridgehead atoms. The molecular formula is C65H58N2. The Hall–Kier alpha value is -7.42. The van der Waals surface area contributed by atoms with Gasteiger partial charge in [0.2, 0.25) is 0 Å². The van der Waals surface area contributed by atoms with Gasteiger partial charge in [0.1, 0.15) is 0 Å². The van der Waals surface area contributed by atoms with Crippen LogP contribution in [-0.4, -0.2) is 0 Å². The number of benzene rings is 9. The lowest BCUT2D eigenvalue weighted by atomic mass is 9.44. The van der Waals surface area contributed by atoms with Crippen LogP contribution in [0.5, 0.6) is 0 Å². The fourth-order valence-electron chi connectivity index (χ4n) is 11.7. The smallest absolute Gasteiger partial charge is 0.0711 e. The molecule has 0 heterocycles. The van der Waals surface area contributed by atoms with E-state index in [0.29, 0.717) is 0 Å². The van der Waals surface area contributed by atoms with Gasteiger partial charge in [0.15, 0.2) is 0 Å². The predicted octanol–water partition coefficient (Wildman–Crippen LogP) is 16.9. The Bertz CT molecular complexity index is 3000. The summed E-state index contributed by atoms with van der Waals surface area (Å²) in [4.78, 5) is 4.75. The molecule has 0 unspecified atom stereocenters. The normalized spacial score (nSPS) is 16.5. The summed E-state index contributed by atoms with van der Waals surface area (Å²) in [6.45, 7) is 6.91. The van der Waals surface area contributed by atoms with Gasteiger partial charge >= 0.3 is 0 Å². The van der Waals surface area contributed by atoms with Crippen molar-refractivity contribution in [1.82, 2.24) is 0 Å². The monoisotopic (exact) mass is 866 g/mol. The van der Waals surface area contributed by atoms with Crippen LogP contribution in [0.3, 0.4) is 0 Å². The molecule has 67 heavy (non-hydrogen) atoms. The van der Waals surface area contributed by atoms with E-state index in [1.807, 2.05) is 0 Å². The Balaban J connectivity index is 1.18. The molecule has 3 aliphatic rings. The second-order valence-corrected chi connectivity index (χ2v) is 18.5. The Morgan fingerprint density at radius 3 is 0.791 bits per heavy atom. The van der Waals surface area contributed by atoms with Crippen molar-refractivity contribution in [2.75, 3.05) is 9.80 Å². The third-order valence-corrected chi connectivity index (χ3v) is 14.5. The zero-order chi connectivity index (χ0) is 45.4. The van der Waals surface area contributed by atoms with Crippen LogP contribution < -0.4 is 9.80 Å². The zero-order valence-corrected chi connectivity index (χ0v) is 39.0. The highest BCUT2D eigenvalue weighted by atomic mass is 15.1. The molecule has 0 fully saturated rings. The molecule has 328 valence electrons. The maximum absolute atomic E-state index is 2.60. The van der Waals surface area contributed by atoms with Crippen LogP contribution in [0.25, 0.3) is 0 Å². The minimum atomic E-state index is -0.541. The van der Waals surface area contributed by atoms with Crippen LogP contribution in [0.2, 0.25) is 0 Å². The molecule has 2 nitrogen and oxygen atoms in total. The largest absolute Gasteiger partial charge is 0.311 e. The molecule has 0 aliphatic heterocycles. The van der Waals surface area contributed by atoms with Crippen LogP contribution in [0.4, 0.5) is 34.1 Å². The molecule has 12 rings (SSSR count). The van der Waals surface area contributed by atoms with E-state index in [1.54, 1.807) is 0 Å². The molecular weight excluding hydrogens is 809 g/mol. The number of anilines is 6. The van der Waals surface area contributed by atoms with Crippen molar-refractivity contribution in [3.8, 4) is 0 Å². The molecule has 9 aromatic rings. The van der Waals surface area contributed by atoms with E-state index in [9.17, 15) is 0 Å². The van der Waals surface area contributed by atoms with Gasteiger partial charge in [-0.25, -0.2) is 0 Å². The number of rotatable bonds is 14. The Labute approximate surface area is 397 Å². The van der Waals surface area contributed by atoms with Gasteiger partial charge in [-0.2, -0.15) is 0 Å². The van der Waals surface area contributed by atoms with Gasteiger partial charge in [0.05, 0.1) is 10.8 Å². The summed E-state index contributed by atoms with van der Waals surface area (Å²) in [5.41, 5.74) is 20.9. The van der Waals surface area contributed by atoms with Crippen molar-refractivity contribution in [2.24, 2.45) is 0 Å². The fraction of sp³-hybridized carbons (Fsp3) is 0.169. The lowest BCUT2D eigenvalue weighted by Crippen LogP contribution is -2.52. The molecule has 0 atom stereocenters. The van der Waals surface area contributed by atoms with Crippen molar-refractivity contribution >= 4 is 34.1 Å². The number of hydrogen-bond acceptors (Lipinski definition) is 2. The van der Waals surface area contributed by atoms with E-state index in [2.05, 4.69) is 255 Å². The van der Waals surface area contributed by atoms with Crippen LogP contribution in [0.15, 0.2) is 224 Å². The summed E-state index contributed by atoms with van der Waals surface area (Å²) < 4.78 is 0. The second-order valence-electron chi connectivity index (χ2n) is 18.5. The van der Waals surface area contributed by atoms with E-state index in [0.717, 1.165) is 72.6 Å². The van der Waals surface area contributed by atoms with Gasteiger partial charge in [0.25, 0.3) is 0 Å². The first kappa shape index (κ1) is 42.2. The lowest BCUT2D eigenvalue weighted by molar-refractivity contribution is 0.554. The molecule has 0 N–H and O–H groups in total. The molecule has 3 aliphatic carbocycles. The molecule has 0 spiro atoms. The third-order valence-electron chi connectivity index (χ3n) is 14.5. The van der Waals surface area contributed by atoms with E-state index >= 15 is 0 Å². The average Bonchev–Trinajstić information content (AvgIpc) is 3.38. The minimum absolute atomic E-state index is 0.540. The Morgan fingerprint density at radius 1 is 0.269 bits per heavy atom. The highest BCUT2D eigenvalue weighted by Gasteiger charge is 2.60. The van der Waals surface area contributed by atoms with Crippen molar-refractivity contribution < 1.29 is 0 Å². The molecule has 0 aromatic heterocycles. The van der Waals surface area contributed by atoms with Gasteiger partial charge in [-0.1, -0.05) is 192 Å². The van der Waals surface area contributed by atoms with Crippen molar-refractivity contribution in [2.45, 2.75) is 70.1 Å². The third kappa shape index (κ3) is 6.92. The zero-order valence-electron chi connectivity index (χ0n) is 39.0. The Morgan fingerprint density at radius 2 is 0.522 bits per heavy atom. The molecule has 0 saturated carbocycles. The fourth-order valence-corrected chi connectivity index (χ4v) is 11.7. The van der Waals surface area contributed by atoms with Gasteiger partial charge in [-0.15, -0.1) is 0 Å². The van der Waals surface area contributed by atoms with Gasteiger partial charge in [0, 0.05) is 34.1 Å². The first-order chi connectivity index (χ1) is 33.1. The molecule has 0 radical (unpaired) electrons. The summed E-state index contributed by atoms with van der Waals surface area (Å²) in [7, 11) is 0. The second kappa shape index (κ2) is 17.8. The Kier molecular flexibility index (Phi) is 11.2. The van der Waals surface area contributed by atoms with E-state index in [1.165, 1.54) is 61.2 Å². The first-order valence-electron chi connectivity index (χ1n) is 24.5. The van der Waals surface area contributed by atoms with E-state index < -0.39 is 10.8 Å². The van der Waals surface area contributed by atoms with Gasteiger partial charge < -0.3 is 9.80 Å². The minimum Gasteiger partial charge on any atom is -0.311 e. The van der Waals surface area contributed by atoms with E-state index in [-0.39, 0.29) is 0 Å². The van der Waals surface area contributed by atoms with Crippen LogP contribution in [-0.2, 0) is 30.1 Å². The van der Waals surface area contributed by atoms with Crippen molar-refractivity contribution in [3.05, 3.63) is 286 Å². The quantitative estimate of drug-likeness (QED) is 0.107. The first-order valence-corrected chi connectivity index (χ1v) is 24.5. The van der Waals surface area contributed by atoms with E-state index in [4.69, 9.17) is 0 Å². The lowest BCUT2D eigenvalue weighted by Gasteiger charge is -2.57. The number of hydrogen-bond donors (Lipinski definition) is 0. The highest BCUT2D eigenvalue weighted by molar-refractivity contribution is 5.85. The molecule has 0 amide bonds. The number of aryl methyl sites for hydroxylation is 3.